The Balaban J connectivity index is 1.54. The van der Waals surface area contributed by atoms with E-state index in [-0.39, 0.29) is 12.5 Å². The highest BCUT2D eigenvalue weighted by Crippen LogP contribution is 2.38. The van der Waals surface area contributed by atoms with Crippen molar-refractivity contribution in [1.82, 2.24) is 15.3 Å². The van der Waals surface area contributed by atoms with Crippen LogP contribution in [-0.4, -0.2) is 58.2 Å². The maximum atomic E-state index is 13.2. The van der Waals surface area contributed by atoms with Gasteiger partial charge in [0.25, 0.3) is 0 Å². The van der Waals surface area contributed by atoms with Crippen LogP contribution in [0.3, 0.4) is 0 Å². The van der Waals surface area contributed by atoms with Crippen molar-refractivity contribution in [3.8, 4) is 0 Å². The average molecular weight is 516 g/mol. The molecule has 0 radical (unpaired) electrons. The van der Waals surface area contributed by atoms with E-state index in [0.717, 1.165) is 30.5 Å². The van der Waals surface area contributed by atoms with Crippen LogP contribution in [-0.2, 0) is 20.8 Å². The highest BCUT2D eigenvalue weighted by molar-refractivity contribution is 5.88. The predicted molar refractivity (Wildman–Crippen MR) is 149 cm³/mol. The van der Waals surface area contributed by atoms with Crippen molar-refractivity contribution in [2.45, 2.75) is 50.8 Å². The summed E-state index contributed by atoms with van der Waals surface area (Å²) in [5, 5.41) is 9.77. The van der Waals surface area contributed by atoms with Crippen LogP contribution in [0, 0.1) is 0 Å². The number of unbranched alkanes of at least 4 members (excludes halogenated alkanes) is 1. The van der Waals surface area contributed by atoms with Gasteiger partial charge in [-0.15, -0.1) is 0 Å². The number of carboxylic acid groups (broad SMARTS) is 1. The third-order valence-corrected chi connectivity index (χ3v) is 7.11. The van der Waals surface area contributed by atoms with Gasteiger partial charge in [0.15, 0.2) is 0 Å². The lowest BCUT2D eigenvalue weighted by atomic mass is 9.87. The van der Waals surface area contributed by atoms with Gasteiger partial charge in [-0.25, -0.2) is 0 Å². The third-order valence-electron chi connectivity index (χ3n) is 7.11. The van der Waals surface area contributed by atoms with E-state index in [1.807, 2.05) is 72.5 Å². The minimum Gasteiger partial charge on any atom is -0.480 e. The van der Waals surface area contributed by atoms with Crippen molar-refractivity contribution in [3.05, 3.63) is 102 Å². The first kappa shape index (κ1) is 27.4. The van der Waals surface area contributed by atoms with Crippen molar-refractivity contribution in [1.29, 1.82) is 0 Å². The number of carboxylic acids is 1. The number of allylic oxidation sites excluding steroid dienone is 3. The van der Waals surface area contributed by atoms with Crippen molar-refractivity contribution >= 4 is 17.6 Å². The Hall–Kier alpha value is -3.68. The van der Waals surface area contributed by atoms with Crippen LogP contribution in [0.1, 0.15) is 43.7 Å². The summed E-state index contributed by atoms with van der Waals surface area (Å²) in [6.07, 6.45) is 12.4. The Morgan fingerprint density at radius 2 is 1.84 bits per heavy atom. The summed E-state index contributed by atoms with van der Waals surface area (Å²) < 4.78 is 0. The number of aryl methyl sites for hydroxylation is 1. The summed E-state index contributed by atoms with van der Waals surface area (Å²) in [5.74, 6) is -1.03. The van der Waals surface area contributed by atoms with Gasteiger partial charge >= 0.3 is 5.97 Å². The summed E-state index contributed by atoms with van der Waals surface area (Å²) in [5.41, 5.74) is 5.65. The molecule has 38 heavy (non-hydrogen) atoms. The van der Waals surface area contributed by atoms with E-state index in [9.17, 15) is 14.7 Å². The van der Waals surface area contributed by atoms with Crippen LogP contribution >= 0.6 is 0 Å². The number of likely N-dealkylation sites (tertiary alicyclic amines) is 1. The molecular formula is C31H37N3O4. The van der Waals surface area contributed by atoms with Gasteiger partial charge in [0.05, 0.1) is 18.4 Å². The van der Waals surface area contributed by atoms with Crippen LogP contribution in [0.2, 0.25) is 0 Å². The number of benzene rings is 2. The van der Waals surface area contributed by atoms with Crippen LogP contribution in [0.15, 0.2) is 91.0 Å². The van der Waals surface area contributed by atoms with Crippen LogP contribution in [0.25, 0.3) is 5.70 Å². The highest BCUT2D eigenvalue weighted by atomic mass is 16.7. The van der Waals surface area contributed by atoms with Crippen LogP contribution in [0.4, 0.5) is 0 Å². The number of piperidine rings is 1. The highest BCUT2D eigenvalue weighted by Gasteiger charge is 2.46. The van der Waals surface area contributed by atoms with Crippen LogP contribution < -0.4 is 5.48 Å². The number of aliphatic carboxylic acids is 1. The van der Waals surface area contributed by atoms with Crippen molar-refractivity contribution < 1.29 is 19.5 Å². The molecule has 2 aliphatic heterocycles. The van der Waals surface area contributed by atoms with Gasteiger partial charge in [0.1, 0.15) is 5.60 Å². The molecule has 1 spiro atoms. The number of nitrogens with zero attached hydrogens (tertiary/aromatic N) is 2. The number of nitrogens with one attached hydrogen (secondary N) is 1. The predicted octanol–water partition coefficient (Wildman–Crippen LogP) is 4.79. The molecule has 2 heterocycles. The molecule has 2 aromatic rings. The number of rotatable bonds is 11. The Bertz CT molecular complexity index is 1160. The van der Waals surface area contributed by atoms with E-state index in [0.29, 0.717) is 25.9 Å². The molecule has 4 rings (SSSR count). The van der Waals surface area contributed by atoms with Gasteiger partial charge in [-0.05, 0) is 43.4 Å². The second kappa shape index (κ2) is 13.2. The van der Waals surface area contributed by atoms with Crippen molar-refractivity contribution in [3.63, 3.8) is 0 Å². The lowest BCUT2D eigenvalue weighted by Gasteiger charge is -2.47. The van der Waals surface area contributed by atoms with E-state index in [2.05, 4.69) is 23.7 Å². The number of hydroxylamine groups is 1. The van der Waals surface area contributed by atoms with Gasteiger partial charge < -0.3 is 10.0 Å². The fourth-order valence-electron chi connectivity index (χ4n) is 5.17. The van der Waals surface area contributed by atoms with Gasteiger partial charge in [-0.1, -0.05) is 78.9 Å². The number of amides is 1. The Morgan fingerprint density at radius 1 is 1.11 bits per heavy atom. The smallest absolute Gasteiger partial charge is 0.317 e. The molecule has 0 bridgehead atoms. The monoisotopic (exact) mass is 515 g/mol. The fraction of sp³-hybridized carbons (Fsp3) is 0.355. The molecule has 1 fully saturated rings. The molecule has 2 aromatic carbocycles. The Kier molecular flexibility index (Phi) is 9.51. The second-order valence-electron chi connectivity index (χ2n) is 9.85. The first-order valence-corrected chi connectivity index (χ1v) is 13.3. The Labute approximate surface area is 225 Å². The topological polar surface area (TPSA) is 82.1 Å². The number of carbonyl (C=O) groups excluding carboxylic acids is 1. The second-order valence-corrected chi connectivity index (χ2v) is 9.85. The SMILES string of the molecule is C/C=C/C=C/C(=O)N1CCC2(C=C(c3ccccc3)NO2)CC1N(CCCCc1ccccc1)CC(=O)O. The molecule has 0 saturated carbocycles. The summed E-state index contributed by atoms with van der Waals surface area (Å²) in [6.45, 7) is 2.79. The van der Waals surface area contributed by atoms with Gasteiger partial charge in [0, 0.05) is 32.0 Å². The molecule has 2 unspecified atom stereocenters. The molecule has 0 aliphatic carbocycles. The summed E-state index contributed by atoms with van der Waals surface area (Å²) in [7, 11) is 0. The molecule has 2 aliphatic rings. The summed E-state index contributed by atoms with van der Waals surface area (Å²) in [4.78, 5) is 35.0. The zero-order valence-corrected chi connectivity index (χ0v) is 22.0. The fourth-order valence-corrected chi connectivity index (χ4v) is 5.17. The number of hydrogen-bond acceptors (Lipinski definition) is 5. The van der Waals surface area contributed by atoms with Crippen molar-refractivity contribution in [2.75, 3.05) is 19.6 Å². The largest absolute Gasteiger partial charge is 0.480 e. The lowest BCUT2D eigenvalue weighted by molar-refractivity contribution is -0.155. The van der Waals surface area contributed by atoms with E-state index < -0.39 is 17.7 Å². The molecule has 0 aromatic heterocycles. The lowest BCUT2D eigenvalue weighted by Crippen LogP contribution is -2.60. The standard InChI is InChI=1S/C31H37N3O4/c1-2-3-6-18-29(35)34-21-19-31(22-27(32-38-31)26-16-9-5-10-17-26)23-28(34)33(24-30(36)37)20-12-11-15-25-13-7-4-8-14-25/h2-10,13-14,16-18,22,28,32H,11-12,15,19-21,23-24H2,1H3,(H,36,37)/b3-2+,18-6+. The normalized spacial score (nSPS) is 21.4. The molecule has 2 atom stereocenters. The number of carbonyl (C=O) groups is 2. The molecule has 1 amide bonds. The molecular weight excluding hydrogens is 478 g/mol. The minimum absolute atomic E-state index is 0.124. The Morgan fingerprint density at radius 3 is 2.55 bits per heavy atom. The van der Waals surface area contributed by atoms with Crippen LogP contribution in [0.5, 0.6) is 0 Å². The summed E-state index contributed by atoms with van der Waals surface area (Å²) >= 11 is 0. The first-order valence-electron chi connectivity index (χ1n) is 13.3. The summed E-state index contributed by atoms with van der Waals surface area (Å²) in [6, 6.07) is 20.3. The minimum atomic E-state index is -0.907. The molecule has 7 nitrogen and oxygen atoms in total. The number of hydrogen-bond donors (Lipinski definition) is 2. The zero-order chi connectivity index (χ0) is 26.8. The van der Waals surface area contributed by atoms with E-state index in [1.165, 1.54) is 5.56 Å². The molecule has 200 valence electrons. The maximum absolute atomic E-state index is 13.2. The van der Waals surface area contributed by atoms with Gasteiger partial charge in [-0.3, -0.25) is 24.8 Å². The van der Waals surface area contributed by atoms with Gasteiger partial charge in [0.2, 0.25) is 5.91 Å². The third kappa shape index (κ3) is 7.21. The quantitative estimate of drug-likeness (QED) is 0.254. The van der Waals surface area contributed by atoms with Gasteiger partial charge in [-0.2, -0.15) is 0 Å². The van der Waals surface area contributed by atoms with E-state index in [4.69, 9.17) is 4.84 Å². The first-order chi connectivity index (χ1) is 18.5. The molecule has 7 heteroatoms. The maximum Gasteiger partial charge on any atom is 0.317 e. The average Bonchev–Trinajstić information content (AvgIpc) is 3.34. The van der Waals surface area contributed by atoms with E-state index in [1.54, 1.807) is 17.1 Å². The molecule has 2 N–H and O–H groups in total. The zero-order valence-electron chi connectivity index (χ0n) is 22.0. The molecule has 1 saturated heterocycles. The van der Waals surface area contributed by atoms with E-state index >= 15 is 0 Å². The van der Waals surface area contributed by atoms with Crippen molar-refractivity contribution in [2.24, 2.45) is 0 Å².